The molecular weight excluding hydrogens is 192 g/mol. The van der Waals surface area contributed by atoms with Gasteiger partial charge in [-0.05, 0) is 5.56 Å². The molecule has 0 saturated carbocycles. The van der Waals surface area contributed by atoms with Gasteiger partial charge in [-0.2, -0.15) is 5.26 Å². The number of nitrogens with zero attached hydrogens (tertiary/aromatic N) is 1. The van der Waals surface area contributed by atoms with E-state index in [0.29, 0.717) is 0 Å². The molecule has 0 unspecified atom stereocenters. The molecule has 14 heavy (non-hydrogen) atoms. The first-order chi connectivity index (χ1) is 6.86. The molecule has 3 heteroatoms. The van der Waals surface area contributed by atoms with Gasteiger partial charge in [0.25, 0.3) is 0 Å². The lowest BCUT2D eigenvalue weighted by Gasteiger charge is -2.42. The number of rotatable bonds is 0. The van der Waals surface area contributed by atoms with E-state index in [4.69, 9.17) is 5.26 Å². The summed E-state index contributed by atoms with van der Waals surface area (Å²) in [6.07, 6.45) is 5.52. The molecule has 1 N–H and O–H groups in total. The summed E-state index contributed by atoms with van der Waals surface area (Å²) < 4.78 is 0. The van der Waals surface area contributed by atoms with E-state index >= 15 is 0 Å². The SMILES string of the molecule is N#Cc1csc2c1C1(C=CC2)CNC1. The lowest BCUT2D eigenvalue weighted by molar-refractivity contribution is 0.342. The zero-order valence-electron chi connectivity index (χ0n) is 7.71. The van der Waals surface area contributed by atoms with Crippen LogP contribution in [0.3, 0.4) is 0 Å². The molecular formula is C11H10N2S. The largest absolute Gasteiger partial charge is 0.314 e. The van der Waals surface area contributed by atoms with Crippen LogP contribution in [0.4, 0.5) is 0 Å². The smallest absolute Gasteiger partial charge is 0.100 e. The quantitative estimate of drug-likeness (QED) is 0.648. The number of allylic oxidation sites excluding steroid dienone is 1. The summed E-state index contributed by atoms with van der Waals surface area (Å²) in [5.74, 6) is 0. The van der Waals surface area contributed by atoms with E-state index in [-0.39, 0.29) is 5.41 Å². The van der Waals surface area contributed by atoms with Crippen LogP contribution in [0.5, 0.6) is 0 Å². The highest BCUT2D eigenvalue weighted by Gasteiger charge is 2.41. The van der Waals surface area contributed by atoms with E-state index in [9.17, 15) is 0 Å². The van der Waals surface area contributed by atoms with Crippen molar-refractivity contribution in [1.29, 1.82) is 5.26 Å². The molecule has 0 radical (unpaired) electrons. The van der Waals surface area contributed by atoms with E-state index in [0.717, 1.165) is 25.1 Å². The van der Waals surface area contributed by atoms with Gasteiger partial charge in [0.15, 0.2) is 0 Å². The molecule has 0 bridgehead atoms. The Bertz CT molecular complexity index is 446. The van der Waals surface area contributed by atoms with Crippen LogP contribution < -0.4 is 5.32 Å². The van der Waals surface area contributed by atoms with Crippen LogP contribution in [0.1, 0.15) is 16.0 Å². The summed E-state index contributed by atoms with van der Waals surface area (Å²) >= 11 is 1.73. The summed E-state index contributed by atoms with van der Waals surface area (Å²) in [5.41, 5.74) is 2.33. The van der Waals surface area contributed by atoms with Gasteiger partial charge in [-0.15, -0.1) is 11.3 Å². The fourth-order valence-corrected chi connectivity index (χ4v) is 3.39. The van der Waals surface area contributed by atoms with Crippen molar-refractivity contribution in [2.45, 2.75) is 11.8 Å². The zero-order chi connectivity index (χ0) is 9.60. The van der Waals surface area contributed by atoms with Crippen LogP contribution >= 0.6 is 11.3 Å². The average molecular weight is 202 g/mol. The minimum absolute atomic E-state index is 0.151. The first-order valence-electron chi connectivity index (χ1n) is 4.75. The third kappa shape index (κ3) is 0.875. The van der Waals surface area contributed by atoms with Crippen LogP contribution in [-0.2, 0) is 11.8 Å². The Kier molecular flexibility index (Phi) is 1.58. The van der Waals surface area contributed by atoms with E-state index in [1.54, 1.807) is 11.3 Å². The standard InChI is InChI=1S/C11H10N2S/c12-4-8-5-14-9-2-1-3-11(10(8)9)6-13-7-11/h1,3,5,13H,2,6-7H2. The fraction of sp³-hybridized carbons (Fsp3) is 0.364. The van der Waals surface area contributed by atoms with E-state index < -0.39 is 0 Å². The lowest BCUT2D eigenvalue weighted by Crippen LogP contribution is -2.56. The maximum atomic E-state index is 9.05. The highest BCUT2D eigenvalue weighted by atomic mass is 32.1. The molecule has 1 aromatic rings. The molecule has 1 spiro atoms. The van der Waals surface area contributed by atoms with Crippen LogP contribution in [0, 0.1) is 11.3 Å². The minimum atomic E-state index is 0.151. The topological polar surface area (TPSA) is 35.8 Å². The Morgan fingerprint density at radius 2 is 2.36 bits per heavy atom. The van der Waals surface area contributed by atoms with Crippen molar-refractivity contribution in [3.05, 3.63) is 33.5 Å². The van der Waals surface area contributed by atoms with Crippen LogP contribution in [0.25, 0.3) is 0 Å². The van der Waals surface area contributed by atoms with Gasteiger partial charge in [0.2, 0.25) is 0 Å². The average Bonchev–Trinajstić information content (AvgIpc) is 2.58. The summed E-state index contributed by atoms with van der Waals surface area (Å²) in [7, 11) is 0. The Balaban J connectivity index is 2.21. The van der Waals surface area contributed by atoms with Crippen molar-refractivity contribution in [1.82, 2.24) is 5.32 Å². The lowest BCUT2D eigenvalue weighted by atomic mass is 9.71. The first-order valence-corrected chi connectivity index (χ1v) is 5.63. The molecule has 0 atom stereocenters. The first kappa shape index (κ1) is 8.22. The summed E-state index contributed by atoms with van der Waals surface area (Å²) in [4.78, 5) is 1.38. The number of thiophene rings is 1. The number of hydrogen-bond acceptors (Lipinski definition) is 3. The molecule has 1 aromatic heterocycles. The van der Waals surface area contributed by atoms with Crippen molar-refractivity contribution in [2.75, 3.05) is 13.1 Å². The van der Waals surface area contributed by atoms with Gasteiger partial charge in [-0.3, -0.25) is 0 Å². The third-order valence-electron chi connectivity index (χ3n) is 3.11. The van der Waals surface area contributed by atoms with Crippen LogP contribution in [0.15, 0.2) is 17.5 Å². The molecule has 2 heterocycles. The maximum absolute atomic E-state index is 9.05. The molecule has 1 aliphatic heterocycles. The van der Waals surface area contributed by atoms with Gasteiger partial charge in [0, 0.05) is 35.2 Å². The molecule has 1 aliphatic carbocycles. The van der Waals surface area contributed by atoms with Crippen molar-refractivity contribution in [2.24, 2.45) is 0 Å². The highest BCUT2D eigenvalue weighted by Crippen LogP contribution is 2.41. The van der Waals surface area contributed by atoms with E-state index in [2.05, 4.69) is 23.5 Å². The van der Waals surface area contributed by atoms with Gasteiger partial charge in [-0.1, -0.05) is 12.2 Å². The number of fused-ring (bicyclic) bond motifs is 2. The molecule has 0 amide bonds. The van der Waals surface area contributed by atoms with Crippen LogP contribution in [-0.4, -0.2) is 13.1 Å². The zero-order valence-corrected chi connectivity index (χ0v) is 8.53. The number of nitrogens with one attached hydrogen (secondary N) is 1. The third-order valence-corrected chi connectivity index (χ3v) is 4.12. The van der Waals surface area contributed by atoms with Crippen molar-refractivity contribution < 1.29 is 0 Å². The second kappa shape index (κ2) is 2.69. The molecule has 1 saturated heterocycles. The molecule has 3 rings (SSSR count). The van der Waals surface area contributed by atoms with Crippen LogP contribution in [0.2, 0.25) is 0 Å². The van der Waals surface area contributed by atoms with E-state index in [1.807, 2.05) is 5.38 Å². The maximum Gasteiger partial charge on any atom is 0.100 e. The monoisotopic (exact) mass is 202 g/mol. The Hall–Kier alpha value is -1.11. The second-order valence-corrected chi connectivity index (χ2v) is 4.89. The molecule has 70 valence electrons. The predicted octanol–water partition coefficient (Wildman–Crippen LogP) is 1.57. The predicted molar refractivity (Wildman–Crippen MR) is 56.4 cm³/mol. The summed E-state index contributed by atoms with van der Waals surface area (Å²) in [6, 6.07) is 2.31. The Morgan fingerprint density at radius 3 is 3.00 bits per heavy atom. The van der Waals surface area contributed by atoms with Crippen molar-refractivity contribution in [3.63, 3.8) is 0 Å². The number of hydrogen-bond donors (Lipinski definition) is 1. The summed E-state index contributed by atoms with van der Waals surface area (Å²) in [6.45, 7) is 1.98. The Morgan fingerprint density at radius 1 is 1.50 bits per heavy atom. The van der Waals surface area contributed by atoms with Gasteiger partial charge in [0.1, 0.15) is 6.07 Å². The molecule has 0 aromatic carbocycles. The Labute approximate surface area is 86.9 Å². The molecule has 2 nitrogen and oxygen atoms in total. The van der Waals surface area contributed by atoms with Crippen molar-refractivity contribution in [3.8, 4) is 6.07 Å². The number of nitriles is 1. The minimum Gasteiger partial charge on any atom is -0.314 e. The normalized spacial score (nSPS) is 21.4. The fourth-order valence-electron chi connectivity index (χ4n) is 2.34. The summed E-state index contributed by atoms with van der Waals surface area (Å²) in [5, 5.41) is 14.3. The van der Waals surface area contributed by atoms with Gasteiger partial charge < -0.3 is 5.32 Å². The molecule has 2 aliphatic rings. The van der Waals surface area contributed by atoms with Gasteiger partial charge in [0.05, 0.1) is 5.56 Å². The second-order valence-electron chi connectivity index (χ2n) is 3.93. The molecule has 1 fully saturated rings. The van der Waals surface area contributed by atoms with Gasteiger partial charge in [-0.25, -0.2) is 0 Å². The van der Waals surface area contributed by atoms with Gasteiger partial charge >= 0.3 is 0 Å². The highest BCUT2D eigenvalue weighted by molar-refractivity contribution is 7.10. The van der Waals surface area contributed by atoms with E-state index in [1.165, 1.54) is 10.4 Å². The van der Waals surface area contributed by atoms with Crippen molar-refractivity contribution >= 4 is 11.3 Å².